The summed E-state index contributed by atoms with van der Waals surface area (Å²) < 4.78 is 0. The van der Waals surface area contributed by atoms with E-state index in [0.717, 1.165) is 10.9 Å². The molecule has 0 spiro atoms. The number of nitrogens with two attached hydrogens (primary N) is 1. The summed E-state index contributed by atoms with van der Waals surface area (Å²) in [5.41, 5.74) is 7.31. The highest BCUT2D eigenvalue weighted by molar-refractivity contribution is 5.86. The second-order valence-electron chi connectivity index (χ2n) is 4.87. The number of likely N-dealkylation sites (N-methyl/N-ethyl adjacent to an activating group) is 1. The Bertz CT molecular complexity index is 626. The van der Waals surface area contributed by atoms with Crippen molar-refractivity contribution >= 4 is 28.3 Å². The lowest BCUT2D eigenvalue weighted by Gasteiger charge is -2.21. The molecule has 2 rings (SSSR count). The summed E-state index contributed by atoms with van der Waals surface area (Å²) in [5, 5.41) is 4.12. The lowest BCUT2D eigenvalue weighted by Crippen LogP contribution is -2.39. The molecule has 2 aromatic rings. The predicted molar refractivity (Wildman–Crippen MR) is 82.6 cm³/mol. The molecule has 0 aliphatic carbocycles. The van der Waals surface area contributed by atoms with E-state index < -0.39 is 0 Å². The van der Waals surface area contributed by atoms with Gasteiger partial charge < -0.3 is 16.0 Å². The van der Waals surface area contributed by atoms with E-state index in [1.54, 1.807) is 11.9 Å². The van der Waals surface area contributed by atoms with Crippen LogP contribution in [-0.2, 0) is 4.79 Å². The van der Waals surface area contributed by atoms with Crippen LogP contribution >= 0.6 is 0 Å². The van der Waals surface area contributed by atoms with E-state index in [9.17, 15) is 4.79 Å². The standard InChI is InChI=1S/C15H20N4O/c1-4-19(3)15(20)10(2)17-14-8-5-11-9-12(16)6-7-13(11)18-14/h5-10H,4,16H2,1-3H3,(H,17,18). The number of aromatic nitrogens is 1. The Morgan fingerprint density at radius 1 is 1.40 bits per heavy atom. The fourth-order valence-electron chi connectivity index (χ4n) is 1.99. The Morgan fingerprint density at radius 2 is 2.15 bits per heavy atom. The van der Waals surface area contributed by atoms with E-state index in [0.29, 0.717) is 18.1 Å². The molecule has 1 atom stereocenters. The van der Waals surface area contributed by atoms with Crippen LogP contribution in [0.2, 0.25) is 0 Å². The number of rotatable bonds is 4. The average Bonchev–Trinajstić information content (AvgIpc) is 2.45. The van der Waals surface area contributed by atoms with Crippen molar-refractivity contribution in [2.24, 2.45) is 0 Å². The molecule has 0 fully saturated rings. The molecule has 1 amide bonds. The van der Waals surface area contributed by atoms with Crippen molar-refractivity contribution in [3.63, 3.8) is 0 Å². The van der Waals surface area contributed by atoms with Crippen molar-refractivity contribution in [1.29, 1.82) is 0 Å². The van der Waals surface area contributed by atoms with Crippen LogP contribution < -0.4 is 11.1 Å². The van der Waals surface area contributed by atoms with Gasteiger partial charge in [-0.15, -0.1) is 0 Å². The van der Waals surface area contributed by atoms with Gasteiger partial charge in [0, 0.05) is 24.7 Å². The minimum atomic E-state index is -0.307. The van der Waals surface area contributed by atoms with Crippen molar-refractivity contribution in [3.05, 3.63) is 30.3 Å². The van der Waals surface area contributed by atoms with Crippen LogP contribution in [0.15, 0.2) is 30.3 Å². The number of fused-ring (bicyclic) bond motifs is 1. The number of anilines is 2. The van der Waals surface area contributed by atoms with Gasteiger partial charge in [-0.25, -0.2) is 4.98 Å². The first-order valence-corrected chi connectivity index (χ1v) is 6.69. The largest absolute Gasteiger partial charge is 0.399 e. The van der Waals surface area contributed by atoms with E-state index >= 15 is 0 Å². The highest BCUT2D eigenvalue weighted by atomic mass is 16.2. The van der Waals surface area contributed by atoms with Crippen molar-refractivity contribution in [2.45, 2.75) is 19.9 Å². The fourth-order valence-corrected chi connectivity index (χ4v) is 1.99. The summed E-state index contributed by atoms with van der Waals surface area (Å²) in [4.78, 5) is 18.2. The number of carbonyl (C=O) groups excluding carboxylic acids is 1. The second kappa shape index (κ2) is 5.77. The van der Waals surface area contributed by atoms with E-state index in [1.807, 2.05) is 44.2 Å². The van der Waals surface area contributed by atoms with Crippen molar-refractivity contribution in [2.75, 3.05) is 24.6 Å². The lowest BCUT2D eigenvalue weighted by molar-refractivity contribution is -0.130. The van der Waals surface area contributed by atoms with Crippen LogP contribution in [0.3, 0.4) is 0 Å². The molecule has 106 valence electrons. The van der Waals surface area contributed by atoms with Crippen molar-refractivity contribution in [3.8, 4) is 0 Å². The highest BCUT2D eigenvalue weighted by Crippen LogP contribution is 2.18. The highest BCUT2D eigenvalue weighted by Gasteiger charge is 2.16. The summed E-state index contributed by atoms with van der Waals surface area (Å²) in [7, 11) is 1.79. The summed E-state index contributed by atoms with van der Waals surface area (Å²) in [6.07, 6.45) is 0. The van der Waals surface area contributed by atoms with Crippen LogP contribution in [0.1, 0.15) is 13.8 Å². The molecular weight excluding hydrogens is 252 g/mol. The van der Waals surface area contributed by atoms with Gasteiger partial charge in [0.05, 0.1) is 5.52 Å². The summed E-state index contributed by atoms with van der Waals surface area (Å²) in [6, 6.07) is 9.07. The van der Waals surface area contributed by atoms with Gasteiger partial charge in [-0.1, -0.05) is 0 Å². The van der Waals surface area contributed by atoms with Crippen molar-refractivity contribution in [1.82, 2.24) is 9.88 Å². The molecule has 1 aromatic heterocycles. The van der Waals surface area contributed by atoms with Gasteiger partial charge in [0.25, 0.3) is 0 Å². The maximum absolute atomic E-state index is 12.0. The molecule has 5 heteroatoms. The molecular formula is C15H20N4O. The first kappa shape index (κ1) is 14.1. The Balaban J connectivity index is 2.17. The molecule has 0 radical (unpaired) electrons. The number of benzene rings is 1. The number of pyridine rings is 1. The quantitative estimate of drug-likeness (QED) is 0.836. The Labute approximate surface area is 118 Å². The molecule has 3 N–H and O–H groups in total. The van der Waals surface area contributed by atoms with Crippen molar-refractivity contribution < 1.29 is 4.79 Å². The smallest absolute Gasteiger partial charge is 0.244 e. The van der Waals surface area contributed by atoms with E-state index in [1.165, 1.54) is 0 Å². The molecule has 1 heterocycles. The van der Waals surface area contributed by atoms with Crippen LogP contribution in [0.25, 0.3) is 10.9 Å². The number of nitrogens with one attached hydrogen (secondary N) is 1. The van der Waals surface area contributed by atoms with E-state index in [-0.39, 0.29) is 11.9 Å². The van der Waals surface area contributed by atoms with Gasteiger partial charge in [0.1, 0.15) is 11.9 Å². The average molecular weight is 272 g/mol. The van der Waals surface area contributed by atoms with Crippen LogP contribution in [0.4, 0.5) is 11.5 Å². The Hall–Kier alpha value is -2.30. The zero-order chi connectivity index (χ0) is 14.7. The lowest BCUT2D eigenvalue weighted by atomic mass is 10.2. The minimum absolute atomic E-state index is 0.0479. The summed E-state index contributed by atoms with van der Waals surface area (Å²) in [5.74, 6) is 0.735. The SMILES string of the molecule is CCN(C)C(=O)C(C)Nc1ccc2cc(N)ccc2n1. The molecule has 0 bridgehead atoms. The fraction of sp³-hybridized carbons (Fsp3) is 0.333. The van der Waals surface area contributed by atoms with Gasteiger partial charge in [-0.2, -0.15) is 0 Å². The normalized spacial score (nSPS) is 12.2. The topological polar surface area (TPSA) is 71.2 Å². The van der Waals surface area contributed by atoms with Gasteiger partial charge in [0.15, 0.2) is 0 Å². The molecule has 0 aliphatic rings. The molecule has 20 heavy (non-hydrogen) atoms. The molecule has 1 unspecified atom stereocenters. The molecule has 0 aliphatic heterocycles. The van der Waals surface area contributed by atoms with E-state index in [4.69, 9.17) is 5.73 Å². The second-order valence-corrected chi connectivity index (χ2v) is 4.87. The number of hydrogen-bond acceptors (Lipinski definition) is 4. The summed E-state index contributed by atoms with van der Waals surface area (Å²) in [6.45, 7) is 4.47. The van der Waals surface area contributed by atoms with Gasteiger partial charge in [0.2, 0.25) is 5.91 Å². The maximum atomic E-state index is 12.0. The Kier molecular flexibility index (Phi) is 4.08. The van der Waals surface area contributed by atoms with Crippen LogP contribution in [0, 0.1) is 0 Å². The van der Waals surface area contributed by atoms with Crippen LogP contribution in [-0.4, -0.2) is 35.4 Å². The number of amides is 1. The molecule has 1 aromatic carbocycles. The third-order valence-electron chi connectivity index (χ3n) is 3.30. The van der Waals surface area contributed by atoms with Gasteiger partial charge >= 0.3 is 0 Å². The monoisotopic (exact) mass is 272 g/mol. The van der Waals surface area contributed by atoms with Gasteiger partial charge in [-0.3, -0.25) is 4.79 Å². The zero-order valence-corrected chi connectivity index (χ0v) is 12.1. The molecule has 0 saturated carbocycles. The summed E-state index contributed by atoms with van der Waals surface area (Å²) >= 11 is 0. The zero-order valence-electron chi connectivity index (χ0n) is 12.1. The third-order valence-corrected chi connectivity index (χ3v) is 3.30. The first-order chi connectivity index (χ1) is 9.51. The van der Waals surface area contributed by atoms with Crippen LogP contribution in [0.5, 0.6) is 0 Å². The molecule has 0 saturated heterocycles. The maximum Gasteiger partial charge on any atom is 0.244 e. The number of hydrogen-bond donors (Lipinski definition) is 2. The number of carbonyl (C=O) groups is 1. The first-order valence-electron chi connectivity index (χ1n) is 6.69. The molecule has 5 nitrogen and oxygen atoms in total. The third kappa shape index (κ3) is 2.99. The predicted octanol–water partition coefficient (Wildman–Crippen LogP) is 2.10. The number of nitrogens with zero attached hydrogens (tertiary/aromatic N) is 2. The number of nitrogen functional groups attached to an aromatic ring is 1. The van der Waals surface area contributed by atoms with E-state index in [2.05, 4.69) is 10.3 Å². The van der Waals surface area contributed by atoms with Gasteiger partial charge in [-0.05, 0) is 44.2 Å². The minimum Gasteiger partial charge on any atom is -0.399 e. The Morgan fingerprint density at radius 3 is 2.85 bits per heavy atom.